The zero-order valence-corrected chi connectivity index (χ0v) is 30.4. The van der Waals surface area contributed by atoms with E-state index in [2.05, 4.69) is 21.9 Å². The lowest BCUT2D eigenvalue weighted by molar-refractivity contribution is 0.0636. The summed E-state index contributed by atoms with van der Waals surface area (Å²) in [4.78, 5) is 24.8. The van der Waals surface area contributed by atoms with E-state index in [1.54, 1.807) is 20.8 Å². The molecule has 10 nitrogen and oxygen atoms in total. The Balaban J connectivity index is 1.44. The van der Waals surface area contributed by atoms with Gasteiger partial charge >= 0.3 is 12.1 Å². The monoisotopic (exact) mass is 776 g/mol. The van der Waals surface area contributed by atoms with Gasteiger partial charge in [-0.25, -0.2) is 26.7 Å². The van der Waals surface area contributed by atoms with E-state index in [0.29, 0.717) is 13.0 Å². The molecule has 2 saturated heterocycles. The Morgan fingerprint density at radius 2 is 2.08 bits per heavy atom. The third-order valence-corrected chi connectivity index (χ3v) is 11.1. The summed E-state index contributed by atoms with van der Waals surface area (Å²) in [7, 11) is 0. The van der Waals surface area contributed by atoms with Crippen molar-refractivity contribution in [1.82, 2.24) is 14.9 Å². The summed E-state index contributed by atoms with van der Waals surface area (Å²) in [6.07, 6.45) is -1.70. The van der Waals surface area contributed by atoms with Gasteiger partial charge in [0, 0.05) is 23.9 Å². The number of amides is 1. The third-order valence-electron chi connectivity index (χ3n) is 9.64. The number of thiophene rings is 1. The van der Waals surface area contributed by atoms with Crippen molar-refractivity contribution >= 4 is 60.8 Å². The van der Waals surface area contributed by atoms with Crippen LogP contribution in [0.5, 0.6) is 11.8 Å². The number of alkyl halides is 3. The Bertz CT molecular complexity index is 2190. The minimum Gasteiger partial charge on any atom is -0.489 e. The molecular weight excluding hydrogens is 743 g/mol. The SMILES string of the molecule is C=C[C@H]1COc2c(Cl)c(-c3ccc(F)c4sc(NC(=O)OC(C)(C)C)c(C#N)c34)c(F)c3nc(OC[C@@]45CCCN4C[C@H](F)C5)nc(c23)N1CC(F)F. The van der Waals surface area contributed by atoms with Crippen molar-refractivity contribution in [1.29, 1.82) is 5.26 Å². The van der Waals surface area contributed by atoms with Crippen LogP contribution in [0, 0.1) is 23.0 Å². The molecule has 1 N–H and O–H groups in total. The second kappa shape index (κ2) is 13.7. The largest absolute Gasteiger partial charge is 0.489 e. The molecule has 5 heterocycles. The van der Waals surface area contributed by atoms with Crippen molar-refractivity contribution < 1.29 is 41.0 Å². The number of carbonyl (C=O) groups is 1. The Labute approximate surface area is 310 Å². The highest BCUT2D eigenvalue weighted by Gasteiger charge is 2.49. The van der Waals surface area contributed by atoms with Crippen LogP contribution in [0.15, 0.2) is 24.8 Å². The minimum absolute atomic E-state index is 0.0318. The summed E-state index contributed by atoms with van der Waals surface area (Å²) in [5.74, 6) is -2.10. The normalized spacial score (nSPS) is 21.4. The van der Waals surface area contributed by atoms with Crippen molar-refractivity contribution in [2.75, 3.05) is 43.1 Å². The number of aromatic nitrogens is 2. The van der Waals surface area contributed by atoms with Crippen LogP contribution in [0.3, 0.4) is 0 Å². The van der Waals surface area contributed by atoms with Gasteiger partial charge in [0.15, 0.2) is 11.6 Å². The van der Waals surface area contributed by atoms with Gasteiger partial charge in [0.2, 0.25) is 0 Å². The highest BCUT2D eigenvalue weighted by Crippen LogP contribution is 2.51. The van der Waals surface area contributed by atoms with E-state index in [9.17, 15) is 23.2 Å². The van der Waals surface area contributed by atoms with Crippen LogP contribution in [-0.4, -0.2) is 83.6 Å². The van der Waals surface area contributed by atoms with Crippen LogP contribution < -0.4 is 19.7 Å². The van der Waals surface area contributed by atoms with Gasteiger partial charge < -0.3 is 19.1 Å². The third kappa shape index (κ3) is 6.57. The van der Waals surface area contributed by atoms with Crippen molar-refractivity contribution in [3.05, 3.63) is 47.0 Å². The summed E-state index contributed by atoms with van der Waals surface area (Å²) in [5, 5.41) is 12.2. The highest BCUT2D eigenvalue weighted by molar-refractivity contribution is 7.23. The number of ether oxygens (including phenoxy) is 3. The van der Waals surface area contributed by atoms with Crippen LogP contribution in [0.25, 0.3) is 32.1 Å². The first-order chi connectivity index (χ1) is 25.1. The maximum atomic E-state index is 17.3. The molecule has 0 saturated carbocycles. The van der Waals surface area contributed by atoms with E-state index < -0.39 is 59.6 Å². The molecular formula is C36H34ClF5N6O4S. The summed E-state index contributed by atoms with van der Waals surface area (Å²) in [6, 6.07) is 3.06. The first kappa shape index (κ1) is 36.9. The smallest absolute Gasteiger partial charge is 0.412 e. The van der Waals surface area contributed by atoms with E-state index >= 15 is 8.78 Å². The molecule has 7 rings (SSSR count). The maximum Gasteiger partial charge on any atom is 0.412 e. The molecule has 2 aromatic carbocycles. The molecule has 1 amide bonds. The number of fused-ring (bicyclic) bond motifs is 2. The van der Waals surface area contributed by atoms with Gasteiger partial charge in [0.05, 0.1) is 38.8 Å². The number of rotatable bonds is 8. The van der Waals surface area contributed by atoms with Crippen molar-refractivity contribution in [2.45, 2.75) is 69.8 Å². The fourth-order valence-electron chi connectivity index (χ4n) is 7.48. The summed E-state index contributed by atoms with van der Waals surface area (Å²) < 4.78 is 92.9. The van der Waals surface area contributed by atoms with E-state index in [1.807, 2.05) is 11.0 Å². The number of nitrogens with zero attached hydrogens (tertiary/aromatic N) is 5. The van der Waals surface area contributed by atoms with Gasteiger partial charge in [0.1, 0.15) is 53.2 Å². The molecule has 0 bridgehead atoms. The Morgan fingerprint density at radius 1 is 1.30 bits per heavy atom. The number of halogens is 6. The average Bonchev–Trinajstić information content (AvgIpc) is 3.70. The fourth-order valence-corrected chi connectivity index (χ4v) is 8.88. The van der Waals surface area contributed by atoms with Crippen LogP contribution in [0.2, 0.25) is 5.02 Å². The van der Waals surface area contributed by atoms with Gasteiger partial charge in [-0.1, -0.05) is 23.7 Å². The van der Waals surface area contributed by atoms with Crippen LogP contribution >= 0.6 is 22.9 Å². The van der Waals surface area contributed by atoms with Crippen molar-refractivity contribution in [3.8, 4) is 29.0 Å². The first-order valence-electron chi connectivity index (χ1n) is 16.8. The van der Waals surface area contributed by atoms with Crippen LogP contribution in [0.1, 0.15) is 45.6 Å². The number of carbonyl (C=O) groups excluding carboxylic acids is 1. The quantitative estimate of drug-likeness (QED) is 0.139. The Hall–Kier alpha value is -4.46. The molecule has 0 radical (unpaired) electrons. The molecule has 53 heavy (non-hydrogen) atoms. The maximum absolute atomic E-state index is 17.3. The summed E-state index contributed by atoms with van der Waals surface area (Å²) in [5.41, 5.74) is -2.47. The fraction of sp³-hybridized carbons (Fsp3) is 0.444. The van der Waals surface area contributed by atoms with Gasteiger partial charge in [-0.15, -0.1) is 17.9 Å². The molecule has 280 valence electrons. The summed E-state index contributed by atoms with van der Waals surface area (Å²) in [6.45, 7) is 8.54. The molecule has 3 atom stereocenters. The number of nitrogens with one attached hydrogen (secondary N) is 1. The highest BCUT2D eigenvalue weighted by atomic mass is 35.5. The Morgan fingerprint density at radius 3 is 2.77 bits per heavy atom. The number of anilines is 2. The number of hydrogen-bond donors (Lipinski definition) is 1. The molecule has 0 spiro atoms. The van der Waals surface area contributed by atoms with Crippen molar-refractivity contribution in [3.63, 3.8) is 0 Å². The van der Waals surface area contributed by atoms with E-state index in [-0.39, 0.29) is 85.9 Å². The number of benzene rings is 2. The number of nitriles is 1. The van der Waals surface area contributed by atoms with Gasteiger partial charge in [0.25, 0.3) is 6.43 Å². The molecule has 0 aliphatic carbocycles. The lowest BCUT2D eigenvalue weighted by Gasteiger charge is -2.31. The minimum atomic E-state index is -2.85. The molecule has 2 fully saturated rings. The molecule has 3 aliphatic rings. The van der Waals surface area contributed by atoms with Gasteiger partial charge in [-0.3, -0.25) is 10.2 Å². The van der Waals surface area contributed by atoms with Crippen molar-refractivity contribution in [2.24, 2.45) is 0 Å². The lowest BCUT2D eigenvalue weighted by atomic mass is 9.95. The topological polar surface area (TPSA) is 113 Å². The second-order valence-electron chi connectivity index (χ2n) is 14.3. The van der Waals surface area contributed by atoms with Gasteiger partial charge in [-0.2, -0.15) is 15.2 Å². The lowest BCUT2D eigenvalue weighted by Crippen LogP contribution is -2.43. The number of hydrogen-bond acceptors (Lipinski definition) is 10. The van der Waals surface area contributed by atoms with E-state index in [1.165, 1.54) is 17.0 Å². The van der Waals surface area contributed by atoms with Crippen LogP contribution in [0.4, 0.5) is 37.6 Å². The van der Waals surface area contributed by atoms with E-state index in [4.69, 9.17) is 25.8 Å². The zero-order valence-electron chi connectivity index (χ0n) is 28.9. The van der Waals surface area contributed by atoms with Gasteiger partial charge in [-0.05, 0) is 51.8 Å². The van der Waals surface area contributed by atoms with E-state index in [0.717, 1.165) is 23.8 Å². The molecule has 17 heteroatoms. The standard InChI is InChI=1S/C36H34ClF5N6O4S/c1-5-18-15-50-29-25-28(44-33(45-31(25)48(18)14-22(40)41)51-16-36-9-6-10-47(36)13-17(38)11-36)27(42)24(26(29)37)19-7-8-21(39)30-23(19)20(12-43)32(53-30)46-34(49)52-35(2,3)4/h5,7-8,17-18,22H,1,6,9-11,13-16H2,2-4H3,(H,46,49)/t17-,18+,36+/m1/s1. The zero-order chi connectivity index (χ0) is 38.0. The predicted molar refractivity (Wildman–Crippen MR) is 191 cm³/mol. The Kier molecular flexibility index (Phi) is 9.57. The molecule has 0 unspecified atom stereocenters. The van der Waals surface area contributed by atoms with Crippen LogP contribution in [-0.2, 0) is 4.74 Å². The first-order valence-corrected chi connectivity index (χ1v) is 18.0. The predicted octanol–water partition coefficient (Wildman–Crippen LogP) is 8.64. The molecule has 2 aromatic heterocycles. The molecule has 4 aromatic rings. The molecule has 3 aliphatic heterocycles. The second-order valence-corrected chi connectivity index (χ2v) is 15.6. The average molecular weight is 777 g/mol. The summed E-state index contributed by atoms with van der Waals surface area (Å²) >= 11 is 7.71.